The maximum atomic E-state index is 6.65. The van der Waals surface area contributed by atoms with Crippen molar-refractivity contribution in [2.75, 3.05) is 0 Å². The van der Waals surface area contributed by atoms with E-state index in [1.54, 1.807) is 0 Å². The summed E-state index contributed by atoms with van der Waals surface area (Å²) in [6, 6.07) is 48.9. The molecule has 0 unspecified atom stereocenters. The van der Waals surface area contributed by atoms with Crippen LogP contribution in [-0.4, -0.2) is 14.5 Å². The molecule has 0 radical (unpaired) electrons. The van der Waals surface area contributed by atoms with Crippen LogP contribution in [-0.2, 0) is 0 Å². The Hall–Kier alpha value is -6.00. The molecule has 0 aliphatic carbocycles. The summed E-state index contributed by atoms with van der Waals surface area (Å²) in [5.41, 5.74) is 6.57. The molecule has 4 nitrogen and oxygen atoms in total. The normalized spacial score (nSPS) is 12.1. The average Bonchev–Trinajstić information content (AvgIpc) is 3.63. The summed E-state index contributed by atoms with van der Waals surface area (Å²) in [5.74, 6) is 0.637. The highest BCUT2D eigenvalue weighted by molar-refractivity contribution is 6.23. The van der Waals surface area contributed by atoms with E-state index in [9.17, 15) is 0 Å². The molecule has 0 atom stereocenters. The first kappa shape index (κ1) is 23.6. The quantitative estimate of drug-likeness (QED) is 0.211. The number of aromatic nitrogens is 3. The highest BCUT2D eigenvalue weighted by atomic mass is 16.3. The van der Waals surface area contributed by atoms with Crippen LogP contribution in [0.3, 0.4) is 0 Å². The van der Waals surface area contributed by atoms with Gasteiger partial charge in [-0.05, 0) is 57.9 Å². The van der Waals surface area contributed by atoms with Gasteiger partial charge in [0.15, 0.2) is 0 Å². The smallest absolute Gasteiger partial charge is 0.235 e. The van der Waals surface area contributed by atoms with Crippen molar-refractivity contribution in [3.8, 4) is 17.2 Å². The van der Waals surface area contributed by atoms with E-state index in [-0.39, 0.29) is 0 Å². The van der Waals surface area contributed by atoms with Gasteiger partial charge >= 0.3 is 0 Å². The van der Waals surface area contributed by atoms with Crippen molar-refractivity contribution in [2.45, 2.75) is 0 Å². The van der Waals surface area contributed by atoms with Crippen LogP contribution in [0, 0.1) is 0 Å². The van der Waals surface area contributed by atoms with Crippen molar-refractivity contribution in [3.63, 3.8) is 0 Å². The van der Waals surface area contributed by atoms with Gasteiger partial charge in [-0.2, -0.15) is 0 Å². The minimum atomic E-state index is 0.637. The third-order valence-electron chi connectivity index (χ3n) is 8.96. The third-order valence-corrected chi connectivity index (χ3v) is 8.96. The number of rotatable bonds is 2. The van der Waals surface area contributed by atoms with Crippen molar-refractivity contribution in [2.24, 2.45) is 0 Å². The number of nitrogens with zero attached hydrogens (tertiary/aromatic N) is 3. The Morgan fingerprint density at radius 2 is 1.14 bits per heavy atom. The largest absolute Gasteiger partial charge is 0.455 e. The fourth-order valence-electron chi connectivity index (χ4n) is 6.99. The summed E-state index contributed by atoms with van der Waals surface area (Å²) in [5, 5.41) is 10.3. The molecule has 0 fully saturated rings. The molecule has 0 N–H and O–H groups in total. The minimum Gasteiger partial charge on any atom is -0.455 e. The summed E-state index contributed by atoms with van der Waals surface area (Å²) in [4.78, 5) is 10.6. The summed E-state index contributed by atoms with van der Waals surface area (Å²) < 4.78 is 8.86. The van der Waals surface area contributed by atoms with Gasteiger partial charge in [0.25, 0.3) is 0 Å². The zero-order valence-corrected chi connectivity index (χ0v) is 23.5. The lowest BCUT2D eigenvalue weighted by molar-refractivity contribution is 0.670. The number of hydrogen-bond donors (Lipinski definition) is 0. The molecule has 10 rings (SSSR count). The van der Waals surface area contributed by atoms with E-state index in [0.717, 1.165) is 60.5 Å². The van der Waals surface area contributed by atoms with Crippen LogP contribution in [0.25, 0.3) is 93.4 Å². The van der Waals surface area contributed by atoms with Crippen LogP contribution in [0.4, 0.5) is 0 Å². The molecule has 3 heterocycles. The minimum absolute atomic E-state index is 0.637. The summed E-state index contributed by atoms with van der Waals surface area (Å²) in [7, 11) is 0. The van der Waals surface area contributed by atoms with Gasteiger partial charge in [0.1, 0.15) is 11.2 Å². The van der Waals surface area contributed by atoms with Crippen LogP contribution in [0.15, 0.2) is 144 Å². The van der Waals surface area contributed by atoms with E-state index in [0.29, 0.717) is 5.95 Å². The molecule has 7 aromatic carbocycles. The number of benzene rings is 7. The first-order valence-electron chi connectivity index (χ1n) is 14.8. The second-order valence-corrected chi connectivity index (χ2v) is 11.4. The Morgan fingerprint density at radius 1 is 0.477 bits per heavy atom. The maximum absolute atomic E-state index is 6.65. The fraction of sp³-hybridized carbons (Fsp3) is 0. The molecule has 0 aliphatic heterocycles. The lowest BCUT2D eigenvalue weighted by Crippen LogP contribution is -2.03. The second-order valence-electron chi connectivity index (χ2n) is 11.4. The summed E-state index contributed by atoms with van der Waals surface area (Å²) >= 11 is 0. The van der Waals surface area contributed by atoms with Crippen molar-refractivity contribution < 1.29 is 4.42 Å². The topological polar surface area (TPSA) is 43.9 Å². The molecular weight excluding hydrogens is 538 g/mol. The first-order valence-corrected chi connectivity index (χ1v) is 14.8. The third kappa shape index (κ3) is 3.22. The van der Waals surface area contributed by atoms with Crippen molar-refractivity contribution in [1.29, 1.82) is 0 Å². The summed E-state index contributed by atoms with van der Waals surface area (Å²) in [6.07, 6.45) is 0. The van der Waals surface area contributed by atoms with Gasteiger partial charge in [-0.3, -0.25) is 4.57 Å². The first-order chi connectivity index (χ1) is 21.8. The van der Waals surface area contributed by atoms with E-state index in [2.05, 4.69) is 126 Å². The number of furan rings is 1. The van der Waals surface area contributed by atoms with E-state index >= 15 is 0 Å². The van der Waals surface area contributed by atoms with E-state index < -0.39 is 0 Å². The van der Waals surface area contributed by atoms with Gasteiger partial charge in [-0.25, -0.2) is 9.97 Å². The molecule has 0 aliphatic rings. The Balaban J connectivity index is 1.36. The number of para-hydroxylation sites is 3. The number of fused-ring (bicyclic) bond motifs is 10. The Kier molecular flexibility index (Phi) is 4.69. The SMILES string of the molecule is c1ccc2cc3c(cc2c1)c1ccccc1n3-c1nc(-c2cc3ccccc3c3c2oc2ccccc23)c2ccccc2n1. The van der Waals surface area contributed by atoms with Crippen LogP contribution in [0.5, 0.6) is 0 Å². The molecule has 0 amide bonds. The summed E-state index contributed by atoms with van der Waals surface area (Å²) in [6.45, 7) is 0. The van der Waals surface area contributed by atoms with Gasteiger partial charge in [-0.15, -0.1) is 0 Å². The molecule has 204 valence electrons. The van der Waals surface area contributed by atoms with Crippen LogP contribution in [0.2, 0.25) is 0 Å². The molecule has 44 heavy (non-hydrogen) atoms. The monoisotopic (exact) mass is 561 g/mol. The predicted molar refractivity (Wildman–Crippen MR) is 182 cm³/mol. The van der Waals surface area contributed by atoms with E-state index in [1.165, 1.54) is 26.9 Å². The average molecular weight is 562 g/mol. The van der Waals surface area contributed by atoms with Crippen LogP contribution < -0.4 is 0 Å². The Bertz CT molecular complexity index is 2790. The standard InChI is InChI=1S/C40H23N3O/c1-2-12-25-23-35-31(21-24(25)11-1)28-15-6-9-19-34(28)43(35)40-41-33-18-8-5-16-29(33)38(42-40)32-22-26-13-3-4-14-27(26)37-30-17-7-10-20-36(30)44-39(32)37/h1-23H. The van der Waals surface area contributed by atoms with Crippen LogP contribution in [0.1, 0.15) is 0 Å². The Morgan fingerprint density at radius 3 is 2.00 bits per heavy atom. The predicted octanol–water partition coefficient (Wildman–Crippen LogP) is 10.6. The molecule has 4 heteroatoms. The van der Waals surface area contributed by atoms with Crippen molar-refractivity contribution in [3.05, 3.63) is 140 Å². The van der Waals surface area contributed by atoms with E-state index in [1.807, 2.05) is 18.2 Å². The molecular formula is C40H23N3O. The molecule has 0 saturated heterocycles. The van der Waals surface area contributed by atoms with Crippen molar-refractivity contribution in [1.82, 2.24) is 14.5 Å². The lowest BCUT2D eigenvalue weighted by Gasteiger charge is -2.13. The van der Waals surface area contributed by atoms with Gasteiger partial charge in [0.2, 0.25) is 5.95 Å². The zero-order valence-electron chi connectivity index (χ0n) is 23.5. The van der Waals surface area contributed by atoms with Gasteiger partial charge in [0.05, 0.1) is 22.2 Å². The second kappa shape index (κ2) is 8.76. The number of hydrogen-bond acceptors (Lipinski definition) is 3. The van der Waals surface area contributed by atoms with Gasteiger partial charge in [0, 0.05) is 32.5 Å². The highest BCUT2D eigenvalue weighted by Gasteiger charge is 2.21. The van der Waals surface area contributed by atoms with Crippen LogP contribution >= 0.6 is 0 Å². The lowest BCUT2D eigenvalue weighted by atomic mass is 9.97. The van der Waals surface area contributed by atoms with Crippen molar-refractivity contribution >= 4 is 76.2 Å². The fourth-order valence-corrected chi connectivity index (χ4v) is 6.99. The molecule has 0 saturated carbocycles. The highest BCUT2D eigenvalue weighted by Crippen LogP contribution is 2.42. The zero-order chi connectivity index (χ0) is 28.8. The maximum Gasteiger partial charge on any atom is 0.235 e. The molecule has 3 aromatic heterocycles. The molecule has 0 bridgehead atoms. The van der Waals surface area contributed by atoms with E-state index in [4.69, 9.17) is 14.4 Å². The Labute approximate surface area is 251 Å². The molecule has 0 spiro atoms. The van der Waals surface area contributed by atoms with Gasteiger partial charge < -0.3 is 4.42 Å². The molecule has 10 aromatic rings. The van der Waals surface area contributed by atoms with Gasteiger partial charge in [-0.1, -0.05) is 103 Å².